The van der Waals surface area contributed by atoms with Crippen LogP contribution in [0.1, 0.15) is 6.92 Å². The Bertz CT molecular complexity index is 448. The van der Waals surface area contributed by atoms with Gasteiger partial charge in [0.2, 0.25) is 0 Å². The van der Waals surface area contributed by atoms with Crippen LogP contribution in [0.2, 0.25) is 0 Å². The summed E-state index contributed by atoms with van der Waals surface area (Å²) in [4.78, 5) is 0. The van der Waals surface area contributed by atoms with E-state index in [0.717, 1.165) is 5.75 Å². The molecular formula is C27H54O11S2Zn. The first kappa shape index (κ1) is 46.0. The van der Waals surface area contributed by atoms with E-state index in [1.165, 1.54) is 0 Å². The molecule has 0 N–H and O–H groups in total. The molecule has 0 saturated carbocycles. The molecule has 0 aliphatic rings. The summed E-state index contributed by atoms with van der Waals surface area (Å²) < 4.78 is 59.2. The Balaban J connectivity index is -0.00000344. The maximum absolute atomic E-state index is 5.45. The van der Waals surface area contributed by atoms with Crippen molar-refractivity contribution in [3.8, 4) is 0 Å². The molecule has 0 radical (unpaired) electrons. The Hall–Kier alpha value is 0.623. The van der Waals surface area contributed by atoms with Gasteiger partial charge in [-0.15, -0.1) is 6.58 Å². The molecule has 11 nitrogen and oxygen atoms in total. The predicted molar refractivity (Wildman–Crippen MR) is 159 cm³/mol. The molecule has 0 aliphatic heterocycles. The molecule has 0 unspecified atom stereocenters. The first-order valence-corrected chi connectivity index (χ1v) is 15.1. The van der Waals surface area contributed by atoms with Crippen LogP contribution in [0.4, 0.5) is 0 Å². The second-order valence-electron chi connectivity index (χ2n) is 7.48. The molecule has 0 bridgehead atoms. The maximum atomic E-state index is 5.45. The maximum Gasteiger partial charge on any atom is 2.00 e. The van der Waals surface area contributed by atoms with Gasteiger partial charge in [0.15, 0.2) is 0 Å². The second-order valence-corrected chi connectivity index (χ2v) is 8.47. The van der Waals surface area contributed by atoms with Gasteiger partial charge in [-0.05, 0) is 0 Å². The van der Waals surface area contributed by atoms with Gasteiger partial charge >= 0.3 is 19.5 Å². The number of ether oxygens (including phenoxy) is 11. The Morgan fingerprint density at radius 1 is 0.390 bits per heavy atom. The van der Waals surface area contributed by atoms with E-state index in [1.807, 2.05) is 6.92 Å². The van der Waals surface area contributed by atoms with E-state index in [-0.39, 0.29) is 19.5 Å². The third kappa shape index (κ3) is 50.6. The van der Waals surface area contributed by atoms with Gasteiger partial charge in [-0.25, -0.2) is 0 Å². The number of rotatable bonds is 34. The van der Waals surface area contributed by atoms with Crippen LogP contribution >= 0.6 is 0 Å². The molecular weight excluding hydrogens is 630 g/mol. The van der Waals surface area contributed by atoms with Crippen molar-refractivity contribution in [1.82, 2.24) is 0 Å². The van der Waals surface area contributed by atoms with Crippen LogP contribution in [0.15, 0.2) is 12.7 Å². The summed E-state index contributed by atoms with van der Waals surface area (Å²) in [5, 5.41) is 0. The fraction of sp³-hybridized carbons (Fsp3) is 0.926. The van der Waals surface area contributed by atoms with Crippen molar-refractivity contribution in [2.75, 3.05) is 157 Å². The Morgan fingerprint density at radius 3 is 0.732 bits per heavy atom. The van der Waals surface area contributed by atoms with Gasteiger partial charge in [0.1, 0.15) is 0 Å². The summed E-state index contributed by atoms with van der Waals surface area (Å²) in [5.74, 6) is 1.44. The third-order valence-electron chi connectivity index (χ3n) is 4.18. The molecule has 0 heterocycles. The van der Waals surface area contributed by atoms with Crippen LogP contribution in [0.25, 0.3) is 0 Å². The van der Waals surface area contributed by atoms with Crippen molar-refractivity contribution >= 4 is 25.3 Å². The molecule has 0 fully saturated rings. The van der Waals surface area contributed by atoms with Gasteiger partial charge in [-0.1, -0.05) is 13.0 Å². The van der Waals surface area contributed by atoms with E-state index in [2.05, 4.69) is 19.2 Å². The van der Waals surface area contributed by atoms with Crippen molar-refractivity contribution in [2.45, 2.75) is 6.92 Å². The zero-order valence-corrected chi connectivity index (χ0v) is 29.9. The first-order valence-electron chi connectivity index (χ1n) is 14.0. The summed E-state index contributed by atoms with van der Waals surface area (Å²) in [6, 6.07) is 0. The second kappa shape index (κ2) is 47.6. The molecule has 0 spiro atoms. The van der Waals surface area contributed by atoms with Gasteiger partial charge in [-0.3, -0.25) is 0 Å². The quantitative estimate of drug-likeness (QED) is 0.0424. The van der Waals surface area contributed by atoms with Crippen LogP contribution in [0.3, 0.4) is 0 Å². The Morgan fingerprint density at radius 2 is 0.561 bits per heavy atom. The SMILES string of the molecule is C=CCOCCOCCOCCOCCOCCOCCOCCOCCOCCOCCOCC[S-].CC[S-].[Zn+2]. The molecule has 0 aromatic rings. The van der Waals surface area contributed by atoms with Gasteiger partial charge in [0.25, 0.3) is 0 Å². The standard InChI is InChI=1S/C25H50O11S.C2H6S.Zn/c1-2-3-26-4-5-27-6-7-28-8-9-29-10-11-30-12-13-31-14-15-32-16-17-33-18-19-34-20-21-35-22-23-36-24-25-37;1-2-3;/h2,37H,1,3-25H2;3H,2H2,1H3;/q;;+2/p-2. The van der Waals surface area contributed by atoms with Crippen molar-refractivity contribution in [1.29, 1.82) is 0 Å². The van der Waals surface area contributed by atoms with Crippen LogP contribution < -0.4 is 0 Å². The monoisotopic (exact) mass is 682 g/mol. The average molecular weight is 684 g/mol. The molecule has 14 heteroatoms. The van der Waals surface area contributed by atoms with Crippen molar-refractivity contribution in [2.24, 2.45) is 0 Å². The van der Waals surface area contributed by atoms with E-state index in [1.54, 1.807) is 6.08 Å². The molecule has 0 atom stereocenters. The van der Waals surface area contributed by atoms with Crippen molar-refractivity contribution in [3.05, 3.63) is 12.7 Å². The number of hydrogen-bond acceptors (Lipinski definition) is 13. The summed E-state index contributed by atoms with van der Waals surface area (Å²) in [5.41, 5.74) is 0. The third-order valence-corrected chi connectivity index (χ3v) is 4.35. The normalized spacial score (nSPS) is 10.7. The topological polar surface area (TPSA) is 102 Å². The van der Waals surface area contributed by atoms with E-state index in [9.17, 15) is 0 Å². The van der Waals surface area contributed by atoms with Gasteiger partial charge in [0, 0.05) is 6.61 Å². The van der Waals surface area contributed by atoms with Gasteiger partial charge < -0.3 is 77.4 Å². The van der Waals surface area contributed by atoms with Crippen LogP contribution in [-0.2, 0) is 96.8 Å². The number of hydrogen-bond donors (Lipinski definition) is 0. The molecule has 0 aromatic heterocycles. The van der Waals surface area contributed by atoms with Crippen LogP contribution in [0.5, 0.6) is 0 Å². The van der Waals surface area contributed by atoms with E-state index < -0.39 is 0 Å². The summed E-state index contributed by atoms with van der Waals surface area (Å²) in [6.07, 6.45) is 1.71. The Kier molecular flexibility index (Phi) is 53.4. The zero-order valence-electron chi connectivity index (χ0n) is 25.3. The summed E-state index contributed by atoms with van der Waals surface area (Å²) in [7, 11) is 0. The molecule has 41 heavy (non-hydrogen) atoms. The molecule has 0 aromatic carbocycles. The summed E-state index contributed by atoms with van der Waals surface area (Å²) in [6.45, 7) is 17.3. The molecule has 0 aliphatic carbocycles. The van der Waals surface area contributed by atoms with Crippen molar-refractivity contribution < 1.29 is 71.6 Å². The van der Waals surface area contributed by atoms with Gasteiger partial charge in [-0.2, -0.15) is 11.5 Å². The van der Waals surface area contributed by atoms with Gasteiger partial charge in [0.05, 0.1) is 139 Å². The molecule has 0 rings (SSSR count). The van der Waals surface area contributed by atoms with Crippen LogP contribution in [-0.4, -0.2) is 157 Å². The fourth-order valence-corrected chi connectivity index (χ4v) is 2.54. The largest absolute Gasteiger partial charge is 2.00 e. The fourth-order valence-electron chi connectivity index (χ4n) is 2.42. The van der Waals surface area contributed by atoms with E-state index in [0.29, 0.717) is 151 Å². The minimum atomic E-state index is 0. The molecule has 0 amide bonds. The van der Waals surface area contributed by atoms with E-state index >= 15 is 0 Å². The Labute approximate surface area is 272 Å². The minimum Gasteiger partial charge on any atom is -0.793 e. The summed E-state index contributed by atoms with van der Waals surface area (Å²) >= 11 is 9.17. The average Bonchev–Trinajstić information content (AvgIpc) is 2.96. The molecule has 0 saturated heterocycles. The van der Waals surface area contributed by atoms with Crippen molar-refractivity contribution in [3.63, 3.8) is 0 Å². The van der Waals surface area contributed by atoms with Crippen LogP contribution in [0, 0.1) is 0 Å². The smallest absolute Gasteiger partial charge is 0.793 e. The first-order chi connectivity index (χ1) is 19.8. The zero-order chi connectivity index (χ0) is 29.5. The molecule has 242 valence electrons. The predicted octanol–water partition coefficient (Wildman–Crippen LogP) is 1.45. The van der Waals surface area contributed by atoms with E-state index in [4.69, 9.17) is 64.7 Å². The minimum absolute atomic E-state index is 0.